The Kier molecular flexibility index (Phi) is 3.13. The van der Waals surface area contributed by atoms with Crippen molar-refractivity contribution in [3.63, 3.8) is 0 Å². The first-order valence-electron chi connectivity index (χ1n) is 4.31. The lowest BCUT2D eigenvalue weighted by atomic mass is 10.3. The van der Waals surface area contributed by atoms with Crippen LogP contribution in [0, 0.1) is 0 Å². The fraction of sp³-hybridized carbons (Fsp3) is 0.500. The van der Waals surface area contributed by atoms with Gasteiger partial charge in [-0.05, 0) is 13.8 Å². The summed E-state index contributed by atoms with van der Waals surface area (Å²) in [5.74, 6) is -1.56. The molecule has 0 atom stereocenters. The highest BCUT2D eigenvalue weighted by molar-refractivity contribution is 7.91. The van der Waals surface area contributed by atoms with Crippen LogP contribution >= 0.6 is 0 Å². The number of aromatic carboxylic acids is 1. The number of sulfone groups is 1. The zero-order valence-corrected chi connectivity index (χ0v) is 9.21. The smallest absolute Gasteiger partial charge is 0.356 e. The van der Waals surface area contributed by atoms with E-state index in [4.69, 9.17) is 5.11 Å². The second kappa shape index (κ2) is 4.01. The van der Waals surface area contributed by atoms with Crippen LogP contribution in [0.5, 0.6) is 0 Å². The number of nitrogens with one attached hydrogen (secondary N) is 1. The Morgan fingerprint density at radius 1 is 1.60 bits per heavy atom. The first-order chi connectivity index (χ1) is 6.84. The number of H-pyrrole nitrogens is 1. The molecule has 0 aliphatic rings. The Bertz CT molecular complexity index is 461. The maximum atomic E-state index is 11.5. The number of carboxylic acid groups (broad SMARTS) is 1. The van der Waals surface area contributed by atoms with E-state index in [1.807, 2.05) is 0 Å². The number of aromatic amines is 1. The van der Waals surface area contributed by atoms with Gasteiger partial charge in [-0.15, -0.1) is 0 Å². The van der Waals surface area contributed by atoms with Crippen LogP contribution < -0.4 is 0 Å². The third kappa shape index (κ3) is 2.56. The van der Waals surface area contributed by atoms with E-state index < -0.39 is 21.1 Å². The van der Waals surface area contributed by atoms with E-state index in [9.17, 15) is 13.2 Å². The standard InChI is InChI=1S/C8H12N2O4S/c1-5(2)15(13,14)3-6-7(8(11)12)10-4-9-6/h4-5H,3H2,1-2H3,(H,9,10)(H,11,12). The van der Waals surface area contributed by atoms with Crippen molar-refractivity contribution in [3.8, 4) is 0 Å². The van der Waals surface area contributed by atoms with E-state index in [2.05, 4.69) is 9.97 Å². The van der Waals surface area contributed by atoms with Gasteiger partial charge in [0.25, 0.3) is 0 Å². The summed E-state index contributed by atoms with van der Waals surface area (Å²) >= 11 is 0. The summed E-state index contributed by atoms with van der Waals surface area (Å²) in [4.78, 5) is 16.7. The van der Waals surface area contributed by atoms with E-state index >= 15 is 0 Å². The van der Waals surface area contributed by atoms with E-state index in [0.29, 0.717) is 0 Å². The normalized spacial score (nSPS) is 11.9. The molecule has 15 heavy (non-hydrogen) atoms. The lowest BCUT2D eigenvalue weighted by Crippen LogP contribution is -2.17. The van der Waals surface area contributed by atoms with Gasteiger partial charge in [-0.1, -0.05) is 0 Å². The lowest BCUT2D eigenvalue weighted by Gasteiger charge is -2.06. The highest BCUT2D eigenvalue weighted by atomic mass is 32.2. The maximum absolute atomic E-state index is 11.5. The molecule has 1 rings (SSSR count). The number of hydrogen-bond acceptors (Lipinski definition) is 4. The summed E-state index contributed by atoms with van der Waals surface area (Å²) in [6.07, 6.45) is 1.18. The molecule has 0 radical (unpaired) electrons. The van der Waals surface area contributed by atoms with E-state index in [1.165, 1.54) is 6.33 Å². The van der Waals surface area contributed by atoms with Crippen LogP contribution in [0.4, 0.5) is 0 Å². The molecular weight excluding hydrogens is 220 g/mol. The molecule has 0 spiro atoms. The fourth-order valence-electron chi connectivity index (χ4n) is 0.983. The Labute approximate surface area is 87.3 Å². The minimum absolute atomic E-state index is 0.121. The van der Waals surface area contributed by atoms with Crippen molar-refractivity contribution in [1.29, 1.82) is 0 Å². The van der Waals surface area contributed by atoms with Crippen LogP contribution in [0.3, 0.4) is 0 Å². The Morgan fingerprint density at radius 3 is 2.67 bits per heavy atom. The Morgan fingerprint density at radius 2 is 2.20 bits per heavy atom. The predicted molar refractivity (Wildman–Crippen MR) is 53.3 cm³/mol. The predicted octanol–water partition coefficient (Wildman–Crippen LogP) is 0.431. The largest absolute Gasteiger partial charge is 0.476 e. The van der Waals surface area contributed by atoms with Gasteiger partial charge in [0.2, 0.25) is 0 Å². The minimum Gasteiger partial charge on any atom is -0.476 e. The fourth-order valence-corrected chi connectivity index (χ4v) is 1.94. The minimum atomic E-state index is -3.31. The van der Waals surface area contributed by atoms with Gasteiger partial charge in [0, 0.05) is 0 Å². The third-order valence-electron chi connectivity index (χ3n) is 1.98. The Balaban J connectivity index is 3.01. The lowest BCUT2D eigenvalue weighted by molar-refractivity contribution is 0.0690. The molecule has 0 aliphatic heterocycles. The van der Waals surface area contributed by atoms with Gasteiger partial charge in [-0.25, -0.2) is 18.2 Å². The number of hydrogen-bond donors (Lipinski definition) is 2. The molecule has 7 heteroatoms. The third-order valence-corrected chi connectivity index (χ3v) is 4.11. The van der Waals surface area contributed by atoms with Gasteiger partial charge in [0.15, 0.2) is 15.5 Å². The molecule has 2 N–H and O–H groups in total. The number of imidazole rings is 1. The van der Waals surface area contributed by atoms with Crippen molar-refractivity contribution >= 4 is 15.8 Å². The zero-order chi connectivity index (χ0) is 11.6. The van der Waals surface area contributed by atoms with Crippen LogP contribution in [-0.4, -0.2) is 34.7 Å². The summed E-state index contributed by atoms with van der Waals surface area (Å²) in [6.45, 7) is 3.10. The molecule has 1 aromatic rings. The summed E-state index contributed by atoms with van der Waals surface area (Å²) in [5, 5.41) is 8.17. The summed E-state index contributed by atoms with van der Waals surface area (Å²) in [6, 6.07) is 0. The van der Waals surface area contributed by atoms with E-state index in [0.717, 1.165) is 0 Å². The molecule has 6 nitrogen and oxygen atoms in total. The molecule has 84 valence electrons. The molecule has 0 amide bonds. The molecule has 0 unspecified atom stereocenters. The van der Waals surface area contributed by atoms with Crippen molar-refractivity contribution in [2.75, 3.05) is 0 Å². The summed E-state index contributed by atoms with van der Waals surface area (Å²) < 4.78 is 23.1. The number of nitrogens with zero attached hydrogens (tertiary/aromatic N) is 1. The Hall–Kier alpha value is -1.37. The highest BCUT2D eigenvalue weighted by Gasteiger charge is 2.22. The summed E-state index contributed by atoms with van der Waals surface area (Å²) in [7, 11) is -3.31. The first-order valence-corrected chi connectivity index (χ1v) is 6.03. The monoisotopic (exact) mass is 232 g/mol. The molecule has 0 bridgehead atoms. The van der Waals surface area contributed by atoms with Crippen LogP contribution in [0.1, 0.15) is 30.0 Å². The number of carboxylic acids is 1. The van der Waals surface area contributed by atoms with Crippen LogP contribution in [0.2, 0.25) is 0 Å². The number of carbonyl (C=O) groups is 1. The maximum Gasteiger partial charge on any atom is 0.356 e. The highest BCUT2D eigenvalue weighted by Crippen LogP contribution is 2.11. The molecule has 0 aromatic carbocycles. The average Bonchev–Trinajstić information content (AvgIpc) is 2.51. The zero-order valence-electron chi connectivity index (χ0n) is 8.39. The molecule has 1 heterocycles. The van der Waals surface area contributed by atoms with Gasteiger partial charge < -0.3 is 10.1 Å². The topological polar surface area (TPSA) is 100 Å². The second-order valence-corrected chi connectivity index (χ2v) is 5.95. The van der Waals surface area contributed by atoms with Crippen molar-refractivity contribution in [3.05, 3.63) is 17.7 Å². The SMILES string of the molecule is CC(C)S(=O)(=O)Cc1[nH]cnc1C(=O)O. The van der Waals surface area contributed by atoms with Crippen LogP contribution in [0.25, 0.3) is 0 Å². The average molecular weight is 232 g/mol. The molecule has 1 aromatic heterocycles. The van der Waals surface area contributed by atoms with Gasteiger partial charge >= 0.3 is 5.97 Å². The van der Waals surface area contributed by atoms with E-state index in [-0.39, 0.29) is 17.1 Å². The van der Waals surface area contributed by atoms with Crippen LogP contribution in [0.15, 0.2) is 6.33 Å². The van der Waals surface area contributed by atoms with Crippen molar-refractivity contribution in [2.24, 2.45) is 0 Å². The molecule has 0 aliphatic carbocycles. The van der Waals surface area contributed by atoms with Crippen molar-refractivity contribution < 1.29 is 18.3 Å². The van der Waals surface area contributed by atoms with E-state index in [1.54, 1.807) is 13.8 Å². The first kappa shape index (κ1) is 11.7. The van der Waals surface area contributed by atoms with Gasteiger partial charge in [-0.3, -0.25) is 0 Å². The van der Waals surface area contributed by atoms with Gasteiger partial charge in [-0.2, -0.15) is 0 Å². The molecular formula is C8H12N2O4S. The van der Waals surface area contributed by atoms with Gasteiger partial charge in [0.1, 0.15) is 0 Å². The van der Waals surface area contributed by atoms with Gasteiger partial charge in [0.05, 0.1) is 23.0 Å². The molecule has 0 saturated carbocycles. The number of aromatic nitrogens is 2. The summed E-state index contributed by atoms with van der Waals surface area (Å²) in [5.41, 5.74) is -0.115. The van der Waals surface area contributed by atoms with Crippen molar-refractivity contribution in [2.45, 2.75) is 24.9 Å². The number of rotatable bonds is 4. The van der Waals surface area contributed by atoms with Crippen LogP contribution in [-0.2, 0) is 15.6 Å². The van der Waals surface area contributed by atoms with Crippen molar-refractivity contribution in [1.82, 2.24) is 9.97 Å². The molecule has 0 fully saturated rings. The quantitative estimate of drug-likeness (QED) is 0.784. The second-order valence-electron chi connectivity index (χ2n) is 3.39. The molecule has 0 saturated heterocycles.